The maximum Gasteiger partial charge on any atom is 0.132 e. The Morgan fingerprint density at radius 2 is 2.24 bits per heavy atom. The average molecular weight is 336 g/mol. The second-order valence-corrected chi connectivity index (χ2v) is 6.77. The molecule has 4 rings (SSSR count). The third kappa shape index (κ3) is 3.44. The van der Waals surface area contributed by atoms with Crippen molar-refractivity contribution in [3.8, 4) is 0 Å². The van der Waals surface area contributed by atoms with Crippen molar-refractivity contribution < 1.29 is 0 Å². The van der Waals surface area contributed by atoms with Gasteiger partial charge < -0.3 is 16.0 Å². The van der Waals surface area contributed by atoms with E-state index < -0.39 is 0 Å². The van der Waals surface area contributed by atoms with Crippen molar-refractivity contribution in [3.05, 3.63) is 54.1 Å². The highest BCUT2D eigenvalue weighted by Crippen LogP contribution is 2.30. The predicted octanol–water partition coefficient (Wildman–Crippen LogP) is 3.09. The van der Waals surface area contributed by atoms with E-state index in [4.69, 9.17) is 5.73 Å². The Morgan fingerprint density at radius 3 is 3.08 bits per heavy atom. The molecule has 0 amide bonds. The average Bonchev–Trinajstić information content (AvgIpc) is 2.93. The van der Waals surface area contributed by atoms with Crippen LogP contribution in [0, 0.1) is 0 Å². The van der Waals surface area contributed by atoms with Crippen LogP contribution in [-0.2, 0) is 7.05 Å². The number of aromatic nitrogens is 3. The van der Waals surface area contributed by atoms with Crippen molar-refractivity contribution in [1.29, 1.82) is 0 Å². The van der Waals surface area contributed by atoms with Gasteiger partial charge in [-0.25, -0.2) is 4.98 Å². The summed E-state index contributed by atoms with van der Waals surface area (Å²) in [5.74, 6) is 0.809. The Morgan fingerprint density at radius 1 is 1.32 bits per heavy atom. The number of allylic oxidation sites excluding steroid dienone is 2. The molecule has 6 nitrogen and oxygen atoms in total. The van der Waals surface area contributed by atoms with Gasteiger partial charge in [0, 0.05) is 50.0 Å². The zero-order valence-corrected chi connectivity index (χ0v) is 14.5. The quantitative estimate of drug-likeness (QED) is 0.901. The summed E-state index contributed by atoms with van der Waals surface area (Å²) >= 11 is 0. The molecule has 2 aromatic heterocycles. The highest BCUT2D eigenvalue weighted by molar-refractivity contribution is 5.63. The van der Waals surface area contributed by atoms with Gasteiger partial charge in [0.25, 0.3) is 0 Å². The first-order chi connectivity index (χ1) is 12.2. The second-order valence-electron chi connectivity index (χ2n) is 6.77. The summed E-state index contributed by atoms with van der Waals surface area (Å²) < 4.78 is 1.76. The monoisotopic (exact) mass is 336 g/mol. The van der Waals surface area contributed by atoms with Gasteiger partial charge in [-0.1, -0.05) is 6.42 Å². The van der Waals surface area contributed by atoms with Crippen LogP contribution in [0.1, 0.15) is 25.7 Å². The van der Waals surface area contributed by atoms with Crippen LogP contribution in [-0.4, -0.2) is 27.4 Å². The first-order valence-electron chi connectivity index (χ1n) is 8.83. The zero-order chi connectivity index (χ0) is 17.2. The standard InChI is InChI=1S/C19H24N6/c1-24-12-15(11-22-24)23-19-10-16(6-8-21-19)25-9-7-14-4-2-3-5-18(20)17(14)13-25/h6-12,18H,2-5,13,20H2,1H3,(H,21,23). The van der Waals surface area contributed by atoms with Gasteiger partial charge in [0.2, 0.25) is 0 Å². The lowest BCUT2D eigenvalue weighted by Gasteiger charge is -2.29. The zero-order valence-electron chi connectivity index (χ0n) is 14.5. The fourth-order valence-electron chi connectivity index (χ4n) is 3.56. The Hall–Kier alpha value is -2.60. The summed E-state index contributed by atoms with van der Waals surface area (Å²) in [7, 11) is 1.90. The van der Waals surface area contributed by atoms with Crippen molar-refractivity contribution in [2.45, 2.75) is 31.7 Å². The molecule has 0 fully saturated rings. The predicted molar refractivity (Wildman–Crippen MR) is 101 cm³/mol. The van der Waals surface area contributed by atoms with E-state index in [0.717, 1.165) is 36.6 Å². The van der Waals surface area contributed by atoms with Crippen LogP contribution in [0.5, 0.6) is 0 Å². The summed E-state index contributed by atoms with van der Waals surface area (Å²) in [6.45, 7) is 0.864. The van der Waals surface area contributed by atoms with Gasteiger partial charge in [-0.2, -0.15) is 5.10 Å². The molecule has 0 radical (unpaired) electrons. The largest absolute Gasteiger partial charge is 0.344 e. The number of hydrogen-bond acceptors (Lipinski definition) is 5. The van der Waals surface area contributed by atoms with Gasteiger partial charge in [-0.3, -0.25) is 4.68 Å². The fraction of sp³-hybridized carbons (Fsp3) is 0.368. The second kappa shape index (κ2) is 6.72. The van der Waals surface area contributed by atoms with E-state index in [1.165, 1.54) is 24.0 Å². The van der Waals surface area contributed by atoms with Crippen molar-refractivity contribution in [2.75, 3.05) is 16.8 Å². The fourth-order valence-corrected chi connectivity index (χ4v) is 3.56. The van der Waals surface area contributed by atoms with E-state index in [1.54, 1.807) is 10.9 Å². The van der Waals surface area contributed by atoms with Crippen LogP contribution >= 0.6 is 0 Å². The van der Waals surface area contributed by atoms with Gasteiger partial charge in [0.05, 0.1) is 11.9 Å². The van der Waals surface area contributed by atoms with Gasteiger partial charge >= 0.3 is 0 Å². The van der Waals surface area contributed by atoms with Crippen LogP contribution in [0.15, 0.2) is 54.1 Å². The minimum Gasteiger partial charge on any atom is -0.344 e. The maximum atomic E-state index is 6.41. The summed E-state index contributed by atoms with van der Waals surface area (Å²) in [6.07, 6.45) is 14.6. The molecule has 0 spiro atoms. The molecular weight excluding hydrogens is 312 g/mol. The Bertz CT molecular complexity index is 819. The van der Waals surface area contributed by atoms with E-state index in [-0.39, 0.29) is 6.04 Å². The van der Waals surface area contributed by atoms with Crippen LogP contribution in [0.2, 0.25) is 0 Å². The number of pyridine rings is 1. The van der Waals surface area contributed by atoms with E-state index in [1.807, 2.05) is 25.5 Å². The van der Waals surface area contributed by atoms with Crippen LogP contribution < -0.4 is 16.0 Å². The molecule has 2 aromatic rings. The smallest absolute Gasteiger partial charge is 0.132 e. The molecule has 25 heavy (non-hydrogen) atoms. The number of anilines is 3. The molecule has 1 aliphatic heterocycles. The van der Waals surface area contributed by atoms with Gasteiger partial charge in [0.1, 0.15) is 5.82 Å². The van der Waals surface area contributed by atoms with Gasteiger partial charge in [0.15, 0.2) is 0 Å². The van der Waals surface area contributed by atoms with Crippen molar-refractivity contribution in [2.24, 2.45) is 12.8 Å². The van der Waals surface area contributed by atoms with Crippen molar-refractivity contribution in [1.82, 2.24) is 14.8 Å². The van der Waals surface area contributed by atoms with Crippen molar-refractivity contribution >= 4 is 17.2 Å². The minimum absolute atomic E-state index is 0.180. The lowest BCUT2D eigenvalue weighted by Crippen LogP contribution is -2.32. The van der Waals surface area contributed by atoms with E-state index >= 15 is 0 Å². The number of rotatable bonds is 3. The SMILES string of the molecule is Cn1cc(Nc2cc(N3C=CC4=C(C3)C(N)CCCC4)ccn2)cn1. The number of nitrogens with zero attached hydrogens (tertiary/aromatic N) is 4. The van der Waals surface area contributed by atoms with Gasteiger partial charge in [-0.05, 0) is 42.6 Å². The third-order valence-corrected chi connectivity index (χ3v) is 4.92. The minimum atomic E-state index is 0.180. The molecule has 0 saturated heterocycles. The normalized spacial score (nSPS) is 20.4. The molecule has 3 N–H and O–H groups in total. The Kier molecular flexibility index (Phi) is 4.28. The summed E-state index contributed by atoms with van der Waals surface area (Å²) in [4.78, 5) is 6.66. The Labute approximate surface area is 148 Å². The van der Waals surface area contributed by atoms with E-state index in [0.29, 0.717) is 0 Å². The molecule has 1 aliphatic carbocycles. The van der Waals surface area contributed by atoms with E-state index in [9.17, 15) is 0 Å². The summed E-state index contributed by atoms with van der Waals surface area (Å²) in [5, 5.41) is 7.47. The maximum absolute atomic E-state index is 6.41. The first-order valence-corrected chi connectivity index (χ1v) is 8.83. The lowest BCUT2D eigenvalue weighted by atomic mass is 9.96. The van der Waals surface area contributed by atoms with Crippen LogP contribution in [0.4, 0.5) is 17.2 Å². The molecule has 1 atom stereocenters. The van der Waals surface area contributed by atoms with Gasteiger partial charge in [-0.15, -0.1) is 0 Å². The number of nitrogens with two attached hydrogens (primary N) is 1. The van der Waals surface area contributed by atoms with Crippen LogP contribution in [0.25, 0.3) is 0 Å². The Balaban J connectivity index is 1.54. The number of nitrogens with one attached hydrogen (secondary N) is 1. The van der Waals surface area contributed by atoms with Crippen LogP contribution in [0.3, 0.4) is 0 Å². The molecule has 0 bridgehead atoms. The highest BCUT2D eigenvalue weighted by atomic mass is 15.3. The number of hydrogen-bond donors (Lipinski definition) is 2. The molecule has 0 aromatic carbocycles. The highest BCUT2D eigenvalue weighted by Gasteiger charge is 2.22. The summed E-state index contributed by atoms with van der Waals surface area (Å²) in [5.41, 5.74) is 11.3. The third-order valence-electron chi connectivity index (χ3n) is 4.92. The van der Waals surface area contributed by atoms with Crippen molar-refractivity contribution in [3.63, 3.8) is 0 Å². The molecule has 0 saturated carbocycles. The molecule has 130 valence electrons. The number of aryl methyl sites for hydroxylation is 1. The molecule has 3 heterocycles. The van der Waals surface area contributed by atoms with E-state index in [2.05, 4.69) is 38.6 Å². The summed E-state index contributed by atoms with van der Waals surface area (Å²) in [6, 6.07) is 4.28. The molecule has 6 heteroatoms. The lowest BCUT2D eigenvalue weighted by molar-refractivity contribution is 0.635. The molecular formula is C19H24N6. The topological polar surface area (TPSA) is 72.0 Å². The molecule has 2 aliphatic rings. The first kappa shape index (κ1) is 15.9. The molecule has 1 unspecified atom stereocenters.